The number of rotatable bonds is 4. The van der Waals surface area contributed by atoms with Crippen LogP contribution in [0.4, 0.5) is 0 Å². The molecule has 2 unspecified atom stereocenters. The molecule has 3 atom stereocenters. The molecule has 0 saturated carbocycles. The van der Waals surface area contributed by atoms with Gasteiger partial charge in [-0.2, -0.15) is 0 Å². The third kappa shape index (κ3) is 3.70. The first kappa shape index (κ1) is 14.0. The predicted octanol–water partition coefficient (Wildman–Crippen LogP) is 0.600. The monoisotopic (exact) mass is 242 g/mol. The summed E-state index contributed by atoms with van der Waals surface area (Å²) in [5, 5.41) is 14.8. The van der Waals surface area contributed by atoms with Crippen molar-refractivity contribution in [1.29, 1.82) is 0 Å². The molecule has 5 nitrogen and oxygen atoms in total. The number of nitrogens with one attached hydrogen (secondary N) is 2. The molecule has 1 aliphatic rings. The molecule has 98 valence electrons. The van der Waals surface area contributed by atoms with Gasteiger partial charge >= 0.3 is 5.97 Å². The summed E-state index contributed by atoms with van der Waals surface area (Å²) in [6, 6.07) is -1.07. The number of hydrogen-bond donors (Lipinski definition) is 3. The number of carboxylic acid groups (broad SMARTS) is 1. The van der Waals surface area contributed by atoms with Gasteiger partial charge in [-0.1, -0.05) is 20.8 Å². The first-order chi connectivity index (χ1) is 7.93. The van der Waals surface area contributed by atoms with E-state index >= 15 is 0 Å². The van der Waals surface area contributed by atoms with Gasteiger partial charge in [0.25, 0.3) is 0 Å². The third-order valence-electron chi connectivity index (χ3n) is 3.28. The molecular formula is C12H22N2O3. The van der Waals surface area contributed by atoms with Gasteiger partial charge in [-0.25, -0.2) is 4.79 Å². The second-order valence-electron chi connectivity index (χ2n) is 5.12. The van der Waals surface area contributed by atoms with Crippen LogP contribution >= 0.6 is 0 Å². The molecular weight excluding hydrogens is 220 g/mol. The number of hydrogen-bond acceptors (Lipinski definition) is 3. The molecule has 0 aromatic carbocycles. The number of carbonyl (C=O) groups excluding carboxylic acids is 1. The van der Waals surface area contributed by atoms with Gasteiger partial charge in [-0.3, -0.25) is 4.79 Å². The fraction of sp³-hybridized carbons (Fsp3) is 0.833. The predicted molar refractivity (Wildman–Crippen MR) is 64.6 cm³/mol. The summed E-state index contributed by atoms with van der Waals surface area (Å²) < 4.78 is 0. The Morgan fingerprint density at radius 2 is 2.06 bits per heavy atom. The average molecular weight is 242 g/mol. The maximum absolute atomic E-state index is 12.0. The molecule has 17 heavy (non-hydrogen) atoms. The minimum absolute atomic E-state index is 0.115. The van der Waals surface area contributed by atoms with Crippen LogP contribution in [-0.4, -0.2) is 35.6 Å². The van der Waals surface area contributed by atoms with Crippen molar-refractivity contribution in [2.45, 2.75) is 45.7 Å². The molecule has 1 heterocycles. The van der Waals surface area contributed by atoms with Gasteiger partial charge in [0.1, 0.15) is 6.04 Å². The molecule has 1 fully saturated rings. The Kier molecular flexibility index (Phi) is 4.93. The van der Waals surface area contributed by atoms with Crippen molar-refractivity contribution in [3.8, 4) is 0 Å². The Morgan fingerprint density at radius 1 is 1.41 bits per heavy atom. The van der Waals surface area contributed by atoms with Crippen molar-refractivity contribution in [2.75, 3.05) is 6.54 Å². The molecule has 0 spiro atoms. The summed E-state index contributed by atoms with van der Waals surface area (Å²) in [4.78, 5) is 23.0. The highest BCUT2D eigenvalue weighted by atomic mass is 16.4. The van der Waals surface area contributed by atoms with Gasteiger partial charge in [0, 0.05) is 0 Å². The third-order valence-corrected chi connectivity index (χ3v) is 3.28. The summed E-state index contributed by atoms with van der Waals surface area (Å²) in [5.74, 6) is -1.03. The molecule has 0 radical (unpaired) electrons. The quantitative estimate of drug-likeness (QED) is 0.674. The van der Waals surface area contributed by atoms with Crippen molar-refractivity contribution < 1.29 is 14.7 Å². The van der Waals surface area contributed by atoms with E-state index in [1.807, 2.05) is 6.92 Å². The van der Waals surface area contributed by atoms with Gasteiger partial charge in [0.15, 0.2) is 0 Å². The minimum Gasteiger partial charge on any atom is -0.480 e. The van der Waals surface area contributed by atoms with Gasteiger partial charge in [-0.15, -0.1) is 0 Å². The van der Waals surface area contributed by atoms with Gasteiger partial charge in [0.05, 0.1) is 6.04 Å². The Balaban J connectivity index is 2.60. The topological polar surface area (TPSA) is 78.4 Å². The smallest absolute Gasteiger partial charge is 0.326 e. The SMILES string of the molecule is CC1CCCNC1C(=O)N[C@@H](C(=O)O)C(C)C. The number of carboxylic acids is 1. The van der Waals surface area contributed by atoms with Crippen LogP contribution in [0.1, 0.15) is 33.6 Å². The fourth-order valence-electron chi connectivity index (χ4n) is 2.16. The zero-order valence-corrected chi connectivity index (χ0v) is 10.7. The van der Waals surface area contributed by atoms with Crippen molar-refractivity contribution in [3.63, 3.8) is 0 Å². The van der Waals surface area contributed by atoms with E-state index < -0.39 is 12.0 Å². The van der Waals surface area contributed by atoms with Gasteiger partial charge < -0.3 is 15.7 Å². The molecule has 0 aliphatic carbocycles. The van der Waals surface area contributed by atoms with E-state index in [0.29, 0.717) is 0 Å². The number of carbonyl (C=O) groups is 2. The van der Waals surface area contributed by atoms with Gasteiger partial charge in [0.2, 0.25) is 5.91 Å². The zero-order valence-electron chi connectivity index (χ0n) is 10.7. The lowest BCUT2D eigenvalue weighted by Gasteiger charge is -2.30. The van der Waals surface area contributed by atoms with Crippen LogP contribution in [0.2, 0.25) is 0 Å². The van der Waals surface area contributed by atoms with Crippen LogP contribution in [0.25, 0.3) is 0 Å². The highest BCUT2D eigenvalue weighted by Crippen LogP contribution is 2.16. The lowest BCUT2D eigenvalue weighted by atomic mass is 9.91. The van der Waals surface area contributed by atoms with Crippen molar-refractivity contribution >= 4 is 11.9 Å². The van der Waals surface area contributed by atoms with E-state index in [0.717, 1.165) is 19.4 Å². The van der Waals surface area contributed by atoms with Crippen LogP contribution in [-0.2, 0) is 9.59 Å². The Labute approximate surface area is 102 Å². The normalized spacial score (nSPS) is 26.6. The molecule has 1 rings (SSSR count). The highest BCUT2D eigenvalue weighted by Gasteiger charge is 2.31. The lowest BCUT2D eigenvalue weighted by Crippen LogP contribution is -2.55. The number of piperidine rings is 1. The summed E-state index contributed by atoms with van der Waals surface area (Å²) in [6.07, 6.45) is 2.07. The highest BCUT2D eigenvalue weighted by molar-refractivity contribution is 5.87. The molecule has 1 amide bonds. The van der Waals surface area contributed by atoms with Crippen LogP contribution in [0.5, 0.6) is 0 Å². The summed E-state index contributed by atoms with van der Waals surface area (Å²) in [5.41, 5.74) is 0. The minimum atomic E-state index is -0.975. The van der Waals surface area contributed by atoms with Crippen LogP contribution in [0.15, 0.2) is 0 Å². The van der Waals surface area contributed by atoms with E-state index in [4.69, 9.17) is 5.11 Å². The van der Waals surface area contributed by atoms with Crippen LogP contribution in [0, 0.1) is 11.8 Å². The Hall–Kier alpha value is -1.10. The van der Waals surface area contributed by atoms with E-state index in [-0.39, 0.29) is 23.8 Å². The number of aliphatic carboxylic acids is 1. The summed E-state index contributed by atoms with van der Waals surface area (Å²) in [6.45, 7) is 6.41. The molecule has 3 N–H and O–H groups in total. The molecule has 1 saturated heterocycles. The van der Waals surface area contributed by atoms with Crippen LogP contribution < -0.4 is 10.6 Å². The van der Waals surface area contributed by atoms with E-state index in [9.17, 15) is 9.59 Å². The Bertz CT molecular complexity index is 291. The number of amides is 1. The molecule has 5 heteroatoms. The van der Waals surface area contributed by atoms with Crippen molar-refractivity contribution in [3.05, 3.63) is 0 Å². The summed E-state index contributed by atoms with van der Waals surface area (Å²) >= 11 is 0. The first-order valence-electron chi connectivity index (χ1n) is 6.20. The molecule has 0 aromatic rings. The van der Waals surface area contributed by atoms with Crippen LogP contribution in [0.3, 0.4) is 0 Å². The maximum atomic E-state index is 12.0. The first-order valence-corrected chi connectivity index (χ1v) is 6.20. The average Bonchev–Trinajstić information content (AvgIpc) is 2.25. The van der Waals surface area contributed by atoms with E-state index in [1.165, 1.54) is 0 Å². The standard InChI is InChI=1S/C12H22N2O3/c1-7(2)9(12(16)17)14-11(15)10-8(3)5-4-6-13-10/h7-10,13H,4-6H2,1-3H3,(H,14,15)(H,16,17)/t8?,9-,10?/m1/s1. The Morgan fingerprint density at radius 3 is 2.53 bits per heavy atom. The zero-order chi connectivity index (χ0) is 13.0. The summed E-state index contributed by atoms with van der Waals surface area (Å²) in [7, 11) is 0. The maximum Gasteiger partial charge on any atom is 0.326 e. The van der Waals surface area contributed by atoms with Crippen molar-refractivity contribution in [2.24, 2.45) is 11.8 Å². The molecule has 1 aliphatic heterocycles. The lowest BCUT2D eigenvalue weighted by molar-refractivity contribution is -0.143. The van der Waals surface area contributed by atoms with E-state index in [2.05, 4.69) is 10.6 Å². The fourth-order valence-corrected chi connectivity index (χ4v) is 2.16. The second kappa shape index (κ2) is 6.00. The van der Waals surface area contributed by atoms with Crippen molar-refractivity contribution in [1.82, 2.24) is 10.6 Å². The molecule has 0 bridgehead atoms. The van der Waals surface area contributed by atoms with Gasteiger partial charge in [-0.05, 0) is 31.2 Å². The van der Waals surface area contributed by atoms with E-state index in [1.54, 1.807) is 13.8 Å². The largest absolute Gasteiger partial charge is 0.480 e. The molecule has 0 aromatic heterocycles. The second-order valence-corrected chi connectivity index (χ2v) is 5.12.